The molecule has 0 saturated carbocycles. The van der Waals surface area contributed by atoms with E-state index in [1.54, 1.807) is 0 Å². The van der Waals surface area contributed by atoms with Crippen LogP contribution in [0, 0.1) is 0 Å². The quantitative estimate of drug-likeness (QED) is 0.182. The monoisotopic (exact) mass is 824 g/mol. The van der Waals surface area contributed by atoms with Crippen LogP contribution in [-0.2, 0) is 0 Å². The number of hydrogen-bond donors (Lipinski definition) is 1. The van der Waals surface area contributed by atoms with Gasteiger partial charge in [0.2, 0.25) is 0 Å². The summed E-state index contributed by atoms with van der Waals surface area (Å²) in [5, 5.41) is 10.7. The van der Waals surface area contributed by atoms with Crippen LogP contribution in [0.15, 0.2) is 221 Å². The van der Waals surface area contributed by atoms with E-state index in [1.165, 1.54) is 42.1 Å². The average Bonchev–Trinajstić information content (AvgIpc) is 4.03. The molecule has 1 atom stereocenters. The zero-order chi connectivity index (χ0) is 41.4. The van der Waals surface area contributed by atoms with Gasteiger partial charge in [-0.15, -0.1) is 11.3 Å². The largest absolute Gasteiger partial charge is 0.453 e. The van der Waals surface area contributed by atoms with Crippen LogP contribution in [0.2, 0.25) is 0 Å². The molecule has 1 aliphatic heterocycles. The van der Waals surface area contributed by atoms with Gasteiger partial charge >= 0.3 is 0 Å². The molecule has 0 aliphatic carbocycles. The van der Waals surface area contributed by atoms with Gasteiger partial charge in [0.15, 0.2) is 11.4 Å². The van der Waals surface area contributed by atoms with Crippen LogP contribution < -0.4 is 5.32 Å². The summed E-state index contributed by atoms with van der Waals surface area (Å²) in [6.07, 6.45) is -0.469. The highest BCUT2D eigenvalue weighted by molar-refractivity contribution is 7.25. The highest BCUT2D eigenvalue weighted by Crippen LogP contribution is 2.46. The number of nitrogens with one attached hydrogen (secondary N) is 1. The zero-order valence-electron chi connectivity index (χ0n) is 33.9. The molecular weight excluding hydrogens is 789 g/mol. The van der Waals surface area contributed by atoms with Gasteiger partial charge < -0.3 is 14.3 Å². The van der Waals surface area contributed by atoms with Crippen molar-refractivity contribution in [2.45, 2.75) is 6.17 Å². The van der Waals surface area contributed by atoms with E-state index >= 15 is 0 Å². The molecule has 296 valence electrons. The predicted molar refractivity (Wildman–Crippen MR) is 264 cm³/mol. The molecule has 13 rings (SSSR count). The molecule has 0 radical (unpaired) electrons. The Morgan fingerprint density at radius 3 is 1.90 bits per heavy atom. The lowest BCUT2D eigenvalue weighted by atomic mass is 9.93. The van der Waals surface area contributed by atoms with Gasteiger partial charge in [0, 0.05) is 64.0 Å². The summed E-state index contributed by atoms with van der Waals surface area (Å²) < 4.78 is 12.3. The first-order chi connectivity index (χ1) is 31.2. The van der Waals surface area contributed by atoms with Gasteiger partial charge in [0.25, 0.3) is 0 Å². The first-order valence-corrected chi connectivity index (χ1v) is 22.1. The molecule has 4 heterocycles. The van der Waals surface area contributed by atoms with E-state index in [0.717, 1.165) is 72.3 Å². The van der Waals surface area contributed by atoms with Crippen molar-refractivity contribution in [1.29, 1.82) is 0 Å². The molecule has 63 heavy (non-hydrogen) atoms. The van der Waals surface area contributed by atoms with Crippen LogP contribution >= 0.6 is 11.3 Å². The fourth-order valence-corrected chi connectivity index (χ4v) is 10.6. The van der Waals surface area contributed by atoms with E-state index in [4.69, 9.17) is 14.4 Å². The molecule has 0 amide bonds. The number of aromatic nitrogens is 1. The van der Waals surface area contributed by atoms with Crippen molar-refractivity contribution in [3.63, 3.8) is 0 Å². The van der Waals surface area contributed by atoms with Crippen LogP contribution in [0.5, 0.6) is 0 Å². The van der Waals surface area contributed by atoms with Gasteiger partial charge in [0.1, 0.15) is 17.6 Å². The molecule has 1 unspecified atom stereocenters. The van der Waals surface area contributed by atoms with Crippen molar-refractivity contribution in [3.8, 4) is 27.9 Å². The Balaban J connectivity index is 1.08. The number of nitrogens with zero attached hydrogens (tertiary/aromatic N) is 3. The summed E-state index contributed by atoms with van der Waals surface area (Å²) in [5.41, 5.74) is 12.3. The first kappa shape index (κ1) is 35.7. The van der Waals surface area contributed by atoms with E-state index in [9.17, 15) is 0 Å². The summed E-state index contributed by atoms with van der Waals surface area (Å²) in [4.78, 5) is 10.5. The second-order valence-corrected chi connectivity index (χ2v) is 17.2. The number of hydrogen-bond acceptors (Lipinski definition) is 5. The van der Waals surface area contributed by atoms with Crippen LogP contribution in [0.1, 0.15) is 22.9 Å². The third kappa shape index (κ3) is 5.76. The highest BCUT2D eigenvalue weighted by Gasteiger charge is 2.28. The van der Waals surface area contributed by atoms with Gasteiger partial charge in [0.05, 0.1) is 16.7 Å². The minimum atomic E-state index is -0.469. The summed E-state index contributed by atoms with van der Waals surface area (Å²) in [6, 6.07) is 73.2. The Labute approximate surface area is 366 Å². The van der Waals surface area contributed by atoms with Crippen LogP contribution in [-0.4, -0.2) is 16.2 Å². The summed E-state index contributed by atoms with van der Waals surface area (Å²) in [6.45, 7) is 0. The number of furan rings is 1. The molecule has 0 spiro atoms. The van der Waals surface area contributed by atoms with Crippen LogP contribution in [0.3, 0.4) is 0 Å². The Hall–Kier alpha value is -8.06. The Bertz CT molecular complexity index is 3820. The maximum Gasteiger partial charge on any atom is 0.159 e. The second-order valence-electron chi connectivity index (χ2n) is 16.1. The number of aliphatic imine (C=N–C) groups is 2. The maximum atomic E-state index is 7.42. The van der Waals surface area contributed by atoms with Gasteiger partial charge in [-0.3, -0.25) is 0 Å². The average molecular weight is 825 g/mol. The van der Waals surface area contributed by atoms with Crippen LogP contribution in [0.25, 0.3) is 91.9 Å². The lowest BCUT2D eigenvalue weighted by Gasteiger charge is -2.25. The molecule has 12 aromatic rings. The minimum Gasteiger partial charge on any atom is -0.453 e. The number of fused-ring (bicyclic) bond motifs is 9. The molecule has 0 saturated heterocycles. The van der Waals surface area contributed by atoms with E-state index < -0.39 is 6.17 Å². The highest BCUT2D eigenvalue weighted by atomic mass is 32.1. The molecule has 0 fully saturated rings. The van der Waals surface area contributed by atoms with Crippen LogP contribution in [0.4, 0.5) is 0 Å². The van der Waals surface area contributed by atoms with Gasteiger partial charge in [-0.25, -0.2) is 9.98 Å². The van der Waals surface area contributed by atoms with Crippen molar-refractivity contribution in [1.82, 2.24) is 9.88 Å². The molecule has 3 aromatic heterocycles. The number of para-hydroxylation sites is 2. The molecule has 6 heteroatoms. The summed E-state index contributed by atoms with van der Waals surface area (Å²) in [5.74, 6) is 1.45. The molecule has 5 nitrogen and oxygen atoms in total. The fraction of sp³-hybridized carbons (Fsp3) is 0.0175. The van der Waals surface area contributed by atoms with Crippen molar-refractivity contribution in [3.05, 3.63) is 223 Å². The zero-order valence-corrected chi connectivity index (χ0v) is 34.7. The Morgan fingerprint density at radius 1 is 0.444 bits per heavy atom. The van der Waals surface area contributed by atoms with E-state index in [1.807, 2.05) is 47.7 Å². The van der Waals surface area contributed by atoms with Crippen molar-refractivity contribution in [2.24, 2.45) is 9.98 Å². The normalized spacial score (nSPS) is 14.2. The molecule has 1 aliphatic rings. The molecule has 0 bridgehead atoms. The number of rotatable bonds is 6. The topological polar surface area (TPSA) is 54.8 Å². The molecule has 9 aromatic carbocycles. The fourth-order valence-electron chi connectivity index (χ4n) is 9.55. The minimum absolute atomic E-state index is 0.469. The van der Waals surface area contributed by atoms with Crippen molar-refractivity contribution < 1.29 is 4.42 Å². The lowest BCUT2D eigenvalue weighted by molar-refractivity contribution is 0.656. The van der Waals surface area contributed by atoms with E-state index in [2.05, 4.69) is 180 Å². The Kier molecular flexibility index (Phi) is 8.08. The van der Waals surface area contributed by atoms with E-state index in [0.29, 0.717) is 5.84 Å². The third-order valence-electron chi connectivity index (χ3n) is 12.5. The van der Waals surface area contributed by atoms with Gasteiger partial charge in [-0.1, -0.05) is 170 Å². The third-order valence-corrected chi connectivity index (χ3v) is 13.6. The SMILES string of the molecule is c1ccc(C2=NC(c3ccc4c(oc5c(-n6c7ccccc7c7ccc(-c8ccccc8)cc76)cccc54)c3-c3ccc4sc5ccccc5c4c3)NC(c3ccccc3)=N2)cc1. The molecular formula is C57H36N4OS. The predicted octanol–water partition coefficient (Wildman–Crippen LogP) is 14.9. The standard InChI is InChI=1S/C57H36N4OS/c1-4-15-35(16-5-1)38-27-29-41-40-21-10-12-24-47(40)61(49(41)34-38)48-25-14-23-43-44-30-31-45(57-59-55(36-17-6-2-7-18-36)58-56(60-57)37-19-8-3-9-20-37)52(54(44)62-53(43)48)39-28-32-51-46(33-39)42-22-11-13-26-50(42)63-51/h1-34,57H,(H,58,59,60). The van der Waals surface area contributed by atoms with Gasteiger partial charge in [-0.2, -0.15) is 0 Å². The van der Waals surface area contributed by atoms with Gasteiger partial charge in [-0.05, 0) is 53.1 Å². The van der Waals surface area contributed by atoms with Crippen molar-refractivity contribution >= 4 is 86.9 Å². The first-order valence-electron chi connectivity index (χ1n) is 21.3. The number of thiophene rings is 1. The van der Waals surface area contributed by atoms with Crippen molar-refractivity contribution in [2.75, 3.05) is 0 Å². The lowest BCUT2D eigenvalue weighted by Crippen LogP contribution is -2.33. The summed E-state index contributed by atoms with van der Waals surface area (Å²) >= 11 is 1.83. The maximum absolute atomic E-state index is 7.42. The summed E-state index contributed by atoms with van der Waals surface area (Å²) in [7, 11) is 0. The smallest absolute Gasteiger partial charge is 0.159 e. The Morgan fingerprint density at radius 2 is 1.08 bits per heavy atom. The number of benzene rings is 9. The van der Waals surface area contributed by atoms with E-state index in [-0.39, 0.29) is 0 Å². The number of amidine groups is 2. The molecule has 1 N–H and O–H groups in total. The second kappa shape index (κ2) is 14.3.